The van der Waals surface area contributed by atoms with Gasteiger partial charge in [-0.25, -0.2) is 9.97 Å². The quantitative estimate of drug-likeness (QED) is 0.181. The number of hydrogen-bond donors (Lipinski definition) is 4. The fraction of sp³-hybridized carbons (Fsp3) is 0.371. The maximum Gasteiger partial charge on any atom is 0.299 e. The number of benzene rings is 3. The van der Waals surface area contributed by atoms with Crippen LogP contribution in [-0.4, -0.2) is 32.5 Å². The Kier molecular flexibility index (Phi) is 4.79. The zero-order valence-corrected chi connectivity index (χ0v) is 23.7. The second kappa shape index (κ2) is 8.39. The van der Waals surface area contributed by atoms with Crippen LogP contribution in [-0.2, 0) is 5.92 Å². The van der Waals surface area contributed by atoms with E-state index in [0.717, 1.165) is 58.0 Å². The summed E-state index contributed by atoms with van der Waals surface area (Å²) in [6.45, 7) is 1.04. The first-order valence-corrected chi connectivity index (χ1v) is 15.6. The predicted molar refractivity (Wildman–Crippen MR) is 162 cm³/mol. The number of aromatic amines is 2. The lowest BCUT2D eigenvalue weighted by Gasteiger charge is -2.20. The Balaban J connectivity index is 0.956. The van der Waals surface area contributed by atoms with Crippen molar-refractivity contribution in [2.24, 2.45) is 11.3 Å². The second-order valence-corrected chi connectivity index (χ2v) is 13.7. The summed E-state index contributed by atoms with van der Waals surface area (Å²) in [6, 6.07) is 18.0. The van der Waals surface area contributed by atoms with E-state index in [0.29, 0.717) is 28.5 Å². The van der Waals surface area contributed by atoms with E-state index < -0.39 is 5.92 Å². The van der Waals surface area contributed by atoms with Gasteiger partial charge < -0.3 is 20.6 Å². The van der Waals surface area contributed by atoms with E-state index in [-0.39, 0.29) is 23.2 Å². The number of imidazole rings is 2. The zero-order valence-electron chi connectivity index (χ0n) is 23.7. The molecule has 4 atom stereocenters. The Morgan fingerprint density at radius 1 is 0.814 bits per heavy atom. The maximum absolute atomic E-state index is 16.1. The van der Waals surface area contributed by atoms with Crippen molar-refractivity contribution >= 4 is 11.0 Å². The van der Waals surface area contributed by atoms with Crippen molar-refractivity contribution in [3.63, 3.8) is 0 Å². The minimum absolute atomic E-state index is 0.0521. The van der Waals surface area contributed by atoms with Crippen molar-refractivity contribution in [2.75, 3.05) is 6.54 Å². The van der Waals surface area contributed by atoms with Crippen molar-refractivity contribution in [1.29, 1.82) is 0 Å². The number of nitrogens with zero attached hydrogens (tertiary/aromatic N) is 2. The van der Waals surface area contributed by atoms with E-state index in [4.69, 9.17) is 4.98 Å². The molecule has 4 heterocycles. The molecule has 216 valence electrons. The topological polar surface area (TPSA) is 81.4 Å². The standard InChI is InChI=1S/C35H32F2N6/c36-35(37)25-12-18(19-4-8-27-28(14-19)42-33(41-27)31-21-1-5-22(11-21)40-31)2-6-23(25)24-7-3-20(13-26(24)35)30-16-38-32(43-30)29-15-34(9-10-34)17-39-29/h2-4,6-8,12-14,16,21-22,29,31,39-40H,1,5,9-11,15,17H2,(H,38,43)(H,41,42)/t21-,22+,29?,31-/m0/s1. The third-order valence-electron chi connectivity index (χ3n) is 11.0. The van der Waals surface area contributed by atoms with E-state index >= 15 is 8.78 Å². The molecule has 2 bridgehead atoms. The molecule has 6 nitrogen and oxygen atoms in total. The van der Waals surface area contributed by atoms with Crippen LogP contribution in [0.3, 0.4) is 0 Å². The molecule has 43 heavy (non-hydrogen) atoms. The van der Waals surface area contributed by atoms with Crippen molar-refractivity contribution in [3.05, 3.63) is 83.6 Å². The van der Waals surface area contributed by atoms with Gasteiger partial charge in [0.15, 0.2) is 0 Å². The second-order valence-electron chi connectivity index (χ2n) is 13.7. The molecule has 3 aliphatic carbocycles. The lowest BCUT2D eigenvalue weighted by atomic mass is 9.98. The Morgan fingerprint density at radius 2 is 1.58 bits per heavy atom. The number of piperidine rings is 1. The molecule has 3 aromatic carbocycles. The van der Waals surface area contributed by atoms with Crippen molar-refractivity contribution in [1.82, 2.24) is 30.6 Å². The molecule has 4 N–H and O–H groups in total. The number of rotatable bonds is 4. The molecule has 1 unspecified atom stereocenters. The summed E-state index contributed by atoms with van der Waals surface area (Å²) >= 11 is 0. The van der Waals surface area contributed by atoms with Crippen LogP contribution >= 0.6 is 0 Å². The number of hydrogen-bond acceptors (Lipinski definition) is 4. The first-order chi connectivity index (χ1) is 20.9. The highest BCUT2D eigenvalue weighted by atomic mass is 19.3. The predicted octanol–water partition coefficient (Wildman–Crippen LogP) is 7.37. The molecular formula is C35H32F2N6. The molecule has 4 fully saturated rings. The van der Waals surface area contributed by atoms with Crippen LogP contribution < -0.4 is 10.6 Å². The minimum Gasteiger partial charge on any atom is -0.341 e. The lowest BCUT2D eigenvalue weighted by Crippen LogP contribution is -2.29. The van der Waals surface area contributed by atoms with Gasteiger partial charge in [0.05, 0.1) is 35.0 Å². The van der Waals surface area contributed by atoms with Gasteiger partial charge in [-0.05, 0) is 96.4 Å². The molecule has 0 radical (unpaired) electrons. The summed E-state index contributed by atoms with van der Waals surface area (Å²) in [5.41, 5.74) is 6.79. The van der Waals surface area contributed by atoms with E-state index in [1.165, 1.54) is 32.1 Å². The van der Waals surface area contributed by atoms with Gasteiger partial charge in [-0.2, -0.15) is 8.78 Å². The monoisotopic (exact) mass is 574 g/mol. The number of H-pyrrole nitrogens is 2. The van der Waals surface area contributed by atoms with Gasteiger partial charge >= 0.3 is 0 Å². The average molecular weight is 575 g/mol. The summed E-state index contributed by atoms with van der Waals surface area (Å²) in [5, 5.41) is 7.29. The van der Waals surface area contributed by atoms with Crippen LogP contribution in [0.2, 0.25) is 0 Å². The fourth-order valence-electron chi connectivity index (χ4n) is 8.42. The first-order valence-electron chi connectivity index (χ1n) is 15.6. The molecule has 5 aromatic rings. The zero-order chi connectivity index (χ0) is 28.5. The molecule has 5 aliphatic rings. The molecule has 2 saturated heterocycles. The van der Waals surface area contributed by atoms with Gasteiger partial charge in [-0.1, -0.05) is 30.3 Å². The number of fused-ring (bicyclic) bond motifs is 6. The van der Waals surface area contributed by atoms with Crippen LogP contribution in [0.1, 0.15) is 73.4 Å². The summed E-state index contributed by atoms with van der Waals surface area (Å²) in [7, 11) is 0. The normalized spacial score (nSPS) is 27.3. The number of aromatic nitrogens is 4. The Bertz CT molecular complexity index is 1950. The number of alkyl halides is 2. The minimum atomic E-state index is -3.09. The van der Waals surface area contributed by atoms with Gasteiger partial charge in [-0.15, -0.1) is 0 Å². The largest absolute Gasteiger partial charge is 0.341 e. The van der Waals surface area contributed by atoms with Crippen LogP contribution in [0.5, 0.6) is 0 Å². The molecule has 2 aliphatic heterocycles. The van der Waals surface area contributed by atoms with Gasteiger partial charge in [-0.3, -0.25) is 0 Å². The molecule has 10 rings (SSSR count). The van der Waals surface area contributed by atoms with Crippen molar-refractivity contribution < 1.29 is 8.78 Å². The highest BCUT2D eigenvalue weighted by Gasteiger charge is 2.49. The Labute approximate surface area is 247 Å². The Morgan fingerprint density at radius 3 is 2.33 bits per heavy atom. The fourth-order valence-corrected chi connectivity index (χ4v) is 8.42. The third-order valence-corrected chi connectivity index (χ3v) is 11.0. The number of halogens is 2. The van der Waals surface area contributed by atoms with E-state index in [1.54, 1.807) is 18.3 Å². The smallest absolute Gasteiger partial charge is 0.299 e. The summed E-state index contributed by atoms with van der Waals surface area (Å²) < 4.78 is 32.2. The van der Waals surface area contributed by atoms with E-state index in [1.807, 2.05) is 42.5 Å². The van der Waals surface area contributed by atoms with Gasteiger partial charge in [0.2, 0.25) is 0 Å². The molecule has 0 amide bonds. The summed E-state index contributed by atoms with van der Waals surface area (Å²) in [6.07, 6.45) is 9.16. The highest BCUT2D eigenvalue weighted by Crippen LogP contribution is 2.55. The van der Waals surface area contributed by atoms with Crippen molar-refractivity contribution in [3.8, 4) is 33.5 Å². The molecule has 8 heteroatoms. The first kappa shape index (κ1) is 24.6. The Hall–Kier alpha value is -3.88. The van der Waals surface area contributed by atoms with Gasteiger partial charge in [0, 0.05) is 29.3 Å². The molecule has 2 aromatic heterocycles. The third kappa shape index (κ3) is 3.63. The van der Waals surface area contributed by atoms with E-state index in [9.17, 15) is 0 Å². The molecular weight excluding hydrogens is 542 g/mol. The van der Waals surface area contributed by atoms with Crippen LogP contribution in [0, 0.1) is 11.3 Å². The SMILES string of the molecule is FC1(F)c2cc(-c3ccc4nc([C@H]5N[C@@H]6CC[C@H]5C6)[nH]c4c3)ccc2-c2ccc(-c3cnc(C4CC5(CC5)CN4)[nH]3)cc21. The highest BCUT2D eigenvalue weighted by molar-refractivity contribution is 5.86. The summed E-state index contributed by atoms with van der Waals surface area (Å²) in [4.78, 5) is 16.4. The van der Waals surface area contributed by atoms with Crippen LogP contribution in [0.15, 0.2) is 60.8 Å². The van der Waals surface area contributed by atoms with Gasteiger partial charge in [0.25, 0.3) is 5.92 Å². The van der Waals surface area contributed by atoms with Crippen molar-refractivity contribution in [2.45, 2.75) is 62.6 Å². The summed E-state index contributed by atoms with van der Waals surface area (Å²) in [5.74, 6) is -0.571. The molecule has 1 spiro atoms. The lowest BCUT2D eigenvalue weighted by molar-refractivity contribution is 0.0481. The number of nitrogens with one attached hydrogen (secondary N) is 4. The maximum atomic E-state index is 16.1. The van der Waals surface area contributed by atoms with E-state index in [2.05, 4.69) is 25.6 Å². The van der Waals surface area contributed by atoms with Crippen LogP contribution in [0.4, 0.5) is 8.78 Å². The average Bonchev–Trinajstić information content (AvgIpc) is 3.68. The molecule has 2 saturated carbocycles. The van der Waals surface area contributed by atoms with Gasteiger partial charge in [0.1, 0.15) is 11.6 Å². The van der Waals surface area contributed by atoms with Crippen LogP contribution in [0.25, 0.3) is 44.5 Å².